The van der Waals surface area contributed by atoms with Crippen LogP contribution < -0.4 is 20.3 Å². The molecule has 2 heterocycles. The Morgan fingerprint density at radius 1 is 0.329 bits per heavy atom. The number of fused-ring (bicyclic) bond motifs is 5. The Labute approximate surface area is 491 Å². The quantitative estimate of drug-likeness (QED) is 0.151. The van der Waals surface area contributed by atoms with E-state index < -0.39 is 0 Å². The molecule has 5 heteroatoms. The Balaban J connectivity index is 1.10. The summed E-state index contributed by atoms with van der Waals surface area (Å²) in [5.41, 5.74) is 22.5. The second-order valence-electron chi connectivity index (χ2n) is 28.9. The topological polar surface area (TPSA) is 49.4 Å². The summed E-state index contributed by atoms with van der Waals surface area (Å²) in [6, 6.07) is 64.4. The third-order valence-electron chi connectivity index (χ3n) is 16.2. The van der Waals surface area contributed by atoms with Crippen molar-refractivity contribution >= 4 is 39.9 Å². The van der Waals surface area contributed by atoms with Crippen molar-refractivity contribution in [2.45, 2.75) is 157 Å². The van der Waals surface area contributed by atoms with Gasteiger partial charge in [-0.05, 0) is 155 Å². The van der Waals surface area contributed by atoms with Crippen LogP contribution in [0.3, 0.4) is 0 Å². The molecule has 0 amide bonds. The zero-order chi connectivity index (χ0) is 58.9. The Morgan fingerprint density at radius 3 is 1.33 bits per heavy atom. The summed E-state index contributed by atoms with van der Waals surface area (Å²) in [5, 5.41) is 8.08. The molecule has 0 aliphatic carbocycles. The largest absolute Gasteiger partial charge is 0.457 e. The van der Waals surface area contributed by atoms with E-state index in [1.54, 1.807) is 0 Å². The number of ether oxygens (including phenoxy) is 1. The zero-order valence-electron chi connectivity index (χ0n) is 52.1. The molecule has 0 spiro atoms. The van der Waals surface area contributed by atoms with Gasteiger partial charge in [-0.3, -0.25) is 4.90 Å². The van der Waals surface area contributed by atoms with Gasteiger partial charge in [-0.15, -0.1) is 0 Å². The molecule has 0 bridgehead atoms. The molecular formula is C77H86N4O. The lowest BCUT2D eigenvalue weighted by Crippen LogP contribution is -2.18. The van der Waals surface area contributed by atoms with Crippen molar-refractivity contribution in [1.29, 1.82) is 0 Å². The van der Waals surface area contributed by atoms with Crippen LogP contribution in [0.4, 0.5) is 39.9 Å². The highest BCUT2D eigenvalue weighted by atomic mass is 16.5. The van der Waals surface area contributed by atoms with Gasteiger partial charge < -0.3 is 15.4 Å². The van der Waals surface area contributed by atoms with Crippen molar-refractivity contribution in [2.24, 2.45) is 0 Å². The number of pyridine rings is 1. The summed E-state index contributed by atoms with van der Waals surface area (Å²) >= 11 is 0. The maximum absolute atomic E-state index is 6.94. The summed E-state index contributed by atoms with van der Waals surface area (Å²) in [7, 11) is 0. The van der Waals surface area contributed by atoms with Gasteiger partial charge in [-0.2, -0.15) is 0 Å². The Hall–Kier alpha value is -7.89. The fourth-order valence-electron chi connectivity index (χ4n) is 11.4. The first-order chi connectivity index (χ1) is 38.4. The standard InChI is InChI=1S/C77H86N4O/c1-72(2,3)49-34-38-64(76(13,14)15)60(42-49)62-44-52(75(10,11)12)45-63(61-43-50(73(4,5)6)35-39-65(61)77(16,17)18)71(62)80-67-32-23-22-31-66(67)79-53-26-25-27-54(47-53)82-55-36-37-59-57-29-20-19-28-56(57)58-30-21-24-33-68(58)81(69(59)48-55)70-46-51(40-41-78-70)74(7,8)9/h19-48,79-80H,1-18H3. The smallest absolute Gasteiger partial charge is 0.137 e. The summed E-state index contributed by atoms with van der Waals surface area (Å²) in [5.74, 6) is 2.30. The van der Waals surface area contributed by atoms with Crippen LogP contribution in [-0.2, 0) is 32.5 Å². The molecule has 0 atom stereocenters. The van der Waals surface area contributed by atoms with E-state index in [1.165, 1.54) is 61.2 Å². The maximum Gasteiger partial charge on any atom is 0.137 e. The Bertz CT molecular complexity index is 3760. The SMILES string of the molecule is CC(C)(C)c1ccnc(N2c3ccccc3-c3ccccc3-c3ccc(Oc4cccc(Nc5ccccc5Nc5c(-c6cc(C(C)(C)C)ccc6C(C)(C)C)cc(C(C)(C)C)cc5-c5cc(C(C)(C)C)ccc5C(C)(C)C)c4)cc32)c1. The van der Waals surface area contributed by atoms with Crippen LogP contribution in [0.5, 0.6) is 11.5 Å². The van der Waals surface area contributed by atoms with Gasteiger partial charge in [0.2, 0.25) is 0 Å². The predicted octanol–water partition coefficient (Wildman–Crippen LogP) is 22.6. The van der Waals surface area contributed by atoms with E-state index in [4.69, 9.17) is 9.72 Å². The zero-order valence-corrected chi connectivity index (χ0v) is 52.1. The van der Waals surface area contributed by atoms with Crippen molar-refractivity contribution in [2.75, 3.05) is 15.5 Å². The monoisotopic (exact) mass is 1080 g/mol. The number of benzene rings is 8. The molecule has 0 unspecified atom stereocenters. The molecule has 0 radical (unpaired) electrons. The van der Waals surface area contributed by atoms with E-state index in [9.17, 15) is 0 Å². The van der Waals surface area contributed by atoms with Gasteiger partial charge in [0.25, 0.3) is 0 Å². The molecular weight excluding hydrogens is 997 g/mol. The molecule has 420 valence electrons. The van der Waals surface area contributed by atoms with E-state index in [0.29, 0.717) is 5.75 Å². The molecule has 1 aliphatic heterocycles. The normalized spacial score (nSPS) is 13.0. The van der Waals surface area contributed by atoms with Crippen molar-refractivity contribution in [3.63, 3.8) is 0 Å². The Kier molecular flexibility index (Phi) is 14.8. The number of nitrogens with one attached hydrogen (secondary N) is 2. The van der Waals surface area contributed by atoms with Gasteiger partial charge >= 0.3 is 0 Å². The lowest BCUT2D eigenvalue weighted by Gasteiger charge is -2.32. The Morgan fingerprint density at radius 2 is 0.793 bits per heavy atom. The third-order valence-corrected chi connectivity index (χ3v) is 16.2. The number of aromatic nitrogens is 1. The summed E-state index contributed by atoms with van der Waals surface area (Å²) in [4.78, 5) is 7.36. The van der Waals surface area contributed by atoms with Crippen LogP contribution >= 0.6 is 0 Å². The molecule has 82 heavy (non-hydrogen) atoms. The predicted molar refractivity (Wildman–Crippen MR) is 352 cm³/mol. The fourth-order valence-corrected chi connectivity index (χ4v) is 11.4. The van der Waals surface area contributed by atoms with Crippen LogP contribution in [0.1, 0.15) is 158 Å². The molecule has 10 rings (SSSR count). The molecule has 0 saturated heterocycles. The number of anilines is 7. The van der Waals surface area contributed by atoms with Gasteiger partial charge in [0, 0.05) is 46.3 Å². The highest BCUT2D eigenvalue weighted by Gasteiger charge is 2.32. The van der Waals surface area contributed by atoms with Crippen LogP contribution in [0.25, 0.3) is 44.5 Å². The highest BCUT2D eigenvalue weighted by Crippen LogP contribution is 2.53. The van der Waals surface area contributed by atoms with Crippen LogP contribution in [0.15, 0.2) is 182 Å². The molecule has 0 fully saturated rings. The number of hydrogen-bond acceptors (Lipinski definition) is 5. The second-order valence-corrected chi connectivity index (χ2v) is 28.9. The summed E-state index contributed by atoms with van der Waals surface area (Å²) < 4.78 is 6.94. The molecule has 0 saturated carbocycles. The van der Waals surface area contributed by atoms with E-state index in [-0.39, 0.29) is 32.5 Å². The molecule has 1 aromatic heterocycles. The molecule has 5 nitrogen and oxygen atoms in total. The van der Waals surface area contributed by atoms with Gasteiger partial charge in [0.1, 0.15) is 17.3 Å². The van der Waals surface area contributed by atoms with Crippen molar-refractivity contribution in [3.05, 3.63) is 216 Å². The van der Waals surface area contributed by atoms with Crippen molar-refractivity contribution in [1.82, 2.24) is 4.98 Å². The van der Waals surface area contributed by atoms with Gasteiger partial charge in [-0.1, -0.05) is 222 Å². The second kappa shape index (κ2) is 21.1. The summed E-state index contributed by atoms with van der Waals surface area (Å²) in [6.07, 6.45) is 1.94. The first kappa shape index (κ1) is 57.3. The van der Waals surface area contributed by atoms with Gasteiger partial charge in [0.15, 0.2) is 0 Å². The first-order valence-corrected chi connectivity index (χ1v) is 29.4. The van der Waals surface area contributed by atoms with Gasteiger partial charge in [0.05, 0.1) is 28.4 Å². The minimum Gasteiger partial charge on any atom is -0.457 e. The van der Waals surface area contributed by atoms with Crippen LogP contribution in [0, 0.1) is 0 Å². The minimum absolute atomic E-state index is 0.0628. The first-order valence-electron chi connectivity index (χ1n) is 29.4. The van der Waals surface area contributed by atoms with E-state index in [2.05, 4.69) is 310 Å². The maximum atomic E-state index is 6.94. The lowest BCUT2D eigenvalue weighted by atomic mass is 9.74. The van der Waals surface area contributed by atoms with Gasteiger partial charge in [-0.25, -0.2) is 4.98 Å². The molecule has 2 N–H and O–H groups in total. The number of rotatable bonds is 9. The average Bonchev–Trinajstić information content (AvgIpc) is 1.96. The number of hydrogen-bond donors (Lipinski definition) is 2. The fraction of sp³-hybridized carbons (Fsp3) is 0.312. The van der Waals surface area contributed by atoms with Crippen LogP contribution in [-0.4, -0.2) is 4.98 Å². The number of para-hydroxylation sites is 3. The van der Waals surface area contributed by atoms with E-state index in [1.807, 2.05) is 12.3 Å². The molecule has 1 aliphatic rings. The minimum atomic E-state index is -0.147. The van der Waals surface area contributed by atoms with E-state index in [0.717, 1.165) is 62.4 Å². The van der Waals surface area contributed by atoms with E-state index >= 15 is 0 Å². The third kappa shape index (κ3) is 11.8. The lowest BCUT2D eigenvalue weighted by molar-refractivity contribution is 0.483. The van der Waals surface area contributed by atoms with Crippen molar-refractivity contribution < 1.29 is 4.74 Å². The molecule has 9 aromatic rings. The number of nitrogens with zero attached hydrogens (tertiary/aromatic N) is 2. The molecule has 8 aromatic carbocycles. The van der Waals surface area contributed by atoms with Crippen molar-refractivity contribution in [3.8, 4) is 56.0 Å². The summed E-state index contributed by atoms with van der Waals surface area (Å²) in [6.45, 7) is 41.8. The highest BCUT2D eigenvalue weighted by molar-refractivity contribution is 6.02. The average molecular weight is 1080 g/mol. The van der Waals surface area contributed by atoms with Crippen LogP contribution in [0.2, 0.25) is 0 Å².